The van der Waals surface area contributed by atoms with E-state index in [1.54, 1.807) is 0 Å². The zero-order valence-electron chi connectivity index (χ0n) is 15.1. The first kappa shape index (κ1) is 16.1. The van der Waals surface area contributed by atoms with Crippen LogP contribution in [-0.4, -0.2) is 0 Å². The molecule has 0 aliphatic rings. The minimum Gasteiger partial charge on any atom is -0.398 e. The van der Waals surface area contributed by atoms with Crippen molar-refractivity contribution in [3.8, 4) is 0 Å². The Morgan fingerprint density at radius 1 is 0.393 bits per heavy atom. The molecular formula is C22H20N6. The second-order valence-corrected chi connectivity index (χ2v) is 7.18. The van der Waals surface area contributed by atoms with Crippen LogP contribution in [-0.2, 0) is 0 Å². The van der Waals surface area contributed by atoms with Gasteiger partial charge in [0.25, 0.3) is 0 Å². The molecular weight excluding hydrogens is 348 g/mol. The Bertz CT molecular complexity index is 1470. The number of nitrogens with two attached hydrogens (primary N) is 6. The van der Waals surface area contributed by atoms with Gasteiger partial charge in [0.05, 0.1) is 28.4 Å². The van der Waals surface area contributed by atoms with E-state index in [1.165, 1.54) is 0 Å². The van der Waals surface area contributed by atoms with Gasteiger partial charge < -0.3 is 34.4 Å². The first-order chi connectivity index (χ1) is 13.4. The lowest BCUT2D eigenvalue weighted by Gasteiger charge is -2.18. The highest BCUT2D eigenvalue weighted by Crippen LogP contribution is 2.46. The molecule has 0 unspecified atom stereocenters. The monoisotopic (exact) mass is 368 g/mol. The molecule has 0 atom stereocenters. The van der Waals surface area contributed by atoms with E-state index in [0.29, 0.717) is 33.5 Å². The first-order valence-electron chi connectivity index (χ1n) is 8.87. The van der Waals surface area contributed by atoms with Gasteiger partial charge in [-0.05, 0) is 45.8 Å². The quantitative estimate of drug-likeness (QED) is 0.180. The van der Waals surface area contributed by atoms with Gasteiger partial charge in [-0.15, -0.1) is 0 Å². The zero-order chi connectivity index (χ0) is 19.7. The van der Waals surface area contributed by atoms with Crippen LogP contribution in [0.3, 0.4) is 0 Å². The van der Waals surface area contributed by atoms with Crippen molar-refractivity contribution in [1.29, 1.82) is 0 Å². The molecule has 138 valence electrons. The zero-order valence-corrected chi connectivity index (χ0v) is 15.1. The fraction of sp³-hybridized carbons (Fsp3) is 0. The van der Waals surface area contributed by atoms with Crippen LogP contribution in [0.25, 0.3) is 43.1 Å². The second kappa shape index (κ2) is 5.23. The summed E-state index contributed by atoms with van der Waals surface area (Å²) in [6, 6.07) is 16.3. The largest absolute Gasteiger partial charge is 0.398 e. The molecule has 12 N–H and O–H groups in total. The molecule has 0 spiro atoms. The van der Waals surface area contributed by atoms with E-state index in [1.807, 2.05) is 18.2 Å². The number of benzene rings is 5. The van der Waals surface area contributed by atoms with Crippen molar-refractivity contribution in [2.24, 2.45) is 0 Å². The molecule has 0 saturated carbocycles. The maximum absolute atomic E-state index is 6.59. The molecule has 6 nitrogen and oxygen atoms in total. The van der Waals surface area contributed by atoms with Gasteiger partial charge in [-0.25, -0.2) is 0 Å². The lowest BCUT2D eigenvalue weighted by molar-refractivity contribution is 1.68. The van der Waals surface area contributed by atoms with Gasteiger partial charge in [-0.3, -0.25) is 0 Å². The van der Waals surface area contributed by atoms with Crippen molar-refractivity contribution >= 4 is 77.2 Å². The first-order valence-corrected chi connectivity index (χ1v) is 8.87. The van der Waals surface area contributed by atoms with E-state index < -0.39 is 0 Å². The van der Waals surface area contributed by atoms with Gasteiger partial charge in [0.2, 0.25) is 0 Å². The highest BCUT2D eigenvalue weighted by molar-refractivity contribution is 6.27. The number of rotatable bonds is 0. The summed E-state index contributed by atoms with van der Waals surface area (Å²) in [6.07, 6.45) is 0. The van der Waals surface area contributed by atoms with Gasteiger partial charge in [0.1, 0.15) is 0 Å². The summed E-state index contributed by atoms with van der Waals surface area (Å²) in [5.74, 6) is 0. The molecule has 28 heavy (non-hydrogen) atoms. The van der Waals surface area contributed by atoms with Gasteiger partial charge in [-0.1, -0.05) is 24.3 Å². The highest BCUT2D eigenvalue weighted by Gasteiger charge is 2.18. The Morgan fingerprint density at radius 3 is 1.68 bits per heavy atom. The Kier molecular flexibility index (Phi) is 3.02. The third-order valence-electron chi connectivity index (χ3n) is 5.61. The summed E-state index contributed by atoms with van der Waals surface area (Å²) >= 11 is 0. The average molecular weight is 368 g/mol. The van der Waals surface area contributed by atoms with Crippen LogP contribution in [0.5, 0.6) is 0 Å². The Balaban J connectivity index is 2.04. The van der Waals surface area contributed by atoms with Crippen molar-refractivity contribution in [2.75, 3.05) is 34.4 Å². The maximum Gasteiger partial charge on any atom is 0.0810 e. The SMILES string of the molecule is Nc1c(N)c(N)c2c(N)c3c(N)c4cc5ccccc5cc4cc3cc2c1N. The lowest BCUT2D eigenvalue weighted by atomic mass is 9.92. The van der Waals surface area contributed by atoms with Crippen LogP contribution >= 0.6 is 0 Å². The van der Waals surface area contributed by atoms with E-state index >= 15 is 0 Å². The molecule has 0 amide bonds. The fourth-order valence-corrected chi connectivity index (χ4v) is 4.13. The van der Waals surface area contributed by atoms with Crippen molar-refractivity contribution in [3.63, 3.8) is 0 Å². The predicted molar refractivity (Wildman–Crippen MR) is 123 cm³/mol. The van der Waals surface area contributed by atoms with Gasteiger partial charge in [-0.2, -0.15) is 0 Å². The molecule has 5 aromatic rings. The Labute approximate surface area is 160 Å². The summed E-state index contributed by atoms with van der Waals surface area (Å²) in [4.78, 5) is 0. The molecule has 0 fully saturated rings. The van der Waals surface area contributed by atoms with Crippen LogP contribution in [0.2, 0.25) is 0 Å². The predicted octanol–water partition coefficient (Wildman–Crippen LogP) is 3.79. The minimum absolute atomic E-state index is 0.237. The lowest BCUT2D eigenvalue weighted by Crippen LogP contribution is -2.07. The summed E-state index contributed by atoms with van der Waals surface area (Å²) in [7, 11) is 0. The maximum atomic E-state index is 6.59. The third kappa shape index (κ3) is 1.91. The Hall–Kier alpha value is -4.06. The van der Waals surface area contributed by atoms with Gasteiger partial charge in [0.15, 0.2) is 0 Å². The van der Waals surface area contributed by atoms with Gasteiger partial charge in [0, 0.05) is 27.2 Å². The van der Waals surface area contributed by atoms with Crippen molar-refractivity contribution < 1.29 is 0 Å². The highest BCUT2D eigenvalue weighted by atomic mass is 14.8. The molecule has 0 bridgehead atoms. The summed E-state index contributed by atoms with van der Waals surface area (Å²) in [5, 5.41) is 7.09. The van der Waals surface area contributed by atoms with Crippen LogP contribution < -0.4 is 34.4 Å². The molecule has 0 aliphatic heterocycles. The molecule has 0 aliphatic carbocycles. The fourth-order valence-electron chi connectivity index (χ4n) is 4.13. The molecule has 0 saturated heterocycles. The van der Waals surface area contributed by atoms with Crippen LogP contribution in [0.15, 0.2) is 48.5 Å². The smallest absolute Gasteiger partial charge is 0.0810 e. The van der Waals surface area contributed by atoms with Gasteiger partial charge >= 0.3 is 0 Å². The normalized spacial score (nSPS) is 11.7. The average Bonchev–Trinajstić information content (AvgIpc) is 2.69. The number of fused-ring (bicyclic) bond motifs is 4. The number of anilines is 6. The van der Waals surface area contributed by atoms with E-state index in [0.717, 1.165) is 32.3 Å². The topological polar surface area (TPSA) is 156 Å². The van der Waals surface area contributed by atoms with E-state index in [-0.39, 0.29) is 11.4 Å². The van der Waals surface area contributed by atoms with E-state index in [4.69, 9.17) is 34.4 Å². The van der Waals surface area contributed by atoms with E-state index in [2.05, 4.69) is 30.3 Å². The molecule has 6 heteroatoms. The molecule has 0 heterocycles. The third-order valence-corrected chi connectivity index (χ3v) is 5.61. The van der Waals surface area contributed by atoms with Crippen LogP contribution in [0.4, 0.5) is 34.1 Å². The summed E-state index contributed by atoms with van der Waals surface area (Å²) in [5.41, 5.74) is 39.9. The minimum atomic E-state index is 0.237. The molecule has 5 aromatic carbocycles. The number of hydrogen-bond donors (Lipinski definition) is 6. The molecule has 0 aromatic heterocycles. The second-order valence-electron chi connectivity index (χ2n) is 7.18. The molecule has 0 radical (unpaired) electrons. The number of nitrogen functional groups attached to an aromatic ring is 6. The van der Waals surface area contributed by atoms with Crippen LogP contribution in [0.1, 0.15) is 0 Å². The summed E-state index contributed by atoms with van der Waals surface area (Å²) < 4.78 is 0. The van der Waals surface area contributed by atoms with Crippen LogP contribution in [0, 0.1) is 0 Å². The standard InChI is InChI=1S/C22H20N6/c23-17-13-7-10-4-2-1-3-9(10)5-11(13)6-12-8-14-16(19(25)15(12)17)20(26)22(28)21(27)18(14)24/h1-8H,23-28H2. The van der Waals surface area contributed by atoms with Crippen molar-refractivity contribution in [1.82, 2.24) is 0 Å². The number of hydrogen-bond acceptors (Lipinski definition) is 6. The van der Waals surface area contributed by atoms with Crippen molar-refractivity contribution in [2.45, 2.75) is 0 Å². The molecule has 5 rings (SSSR count). The Morgan fingerprint density at radius 2 is 0.964 bits per heavy atom. The van der Waals surface area contributed by atoms with Crippen molar-refractivity contribution in [3.05, 3.63) is 48.5 Å². The summed E-state index contributed by atoms with van der Waals surface area (Å²) in [6.45, 7) is 0. The van der Waals surface area contributed by atoms with E-state index in [9.17, 15) is 0 Å².